The predicted octanol–water partition coefficient (Wildman–Crippen LogP) is 3.69. The van der Waals surface area contributed by atoms with Gasteiger partial charge in [0.1, 0.15) is 29.1 Å². The summed E-state index contributed by atoms with van der Waals surface area (Å²) in [6.45, 7) is 3.21. The van der Waals surface area contributed by atoms with Crippen LogP contribution < -0.4 is 10.6 Å². The molecule has 0 bridgehead atoms. The van der Waals surface area contributed by atoms with Crippen molar-refractivity contribution in [2.75, 3.05) is 43.4 Å². The van der Waals surface area contributed by atoms with Gasteiger partial charge in [0.05, 0.1) is 22.3 Å². The molecule has 13 nitrogen and oxygen atoms in total. The number of hydrogen-bond acceptors (Lipinski definition) is 10. The first-order valence-electron chi connectivity index (χ1n) is 13.4. The van der Waals surface area contributed by atoms with Gasteiger partial charge in [-0.25, -0.2) is 19.2 Å². The summed E-state index contributed by atoms with van der Waals surface area (Å²) in [7, 11) is 0. The average Bonchev–Trinajstić information content (AvgIpc) is 3.76. The molecule has 3 N–H and O–H groups in total. The highest BCUT2D eigenvalue weighted by molar-refractivity contribution is 6.39. The molecule has 6 aromatic rings. The minimum absolute atomic E-state index is 0.00574. The van der Waals surface area contributed by atoms with Crippen molar-refractivity contribution < 1.29 is 18.7 Å². The maximum Gasteiger partial charge on any atom is 0.354 e. The first-order chi connectivity index (χ1) is 20.9. The number of nitrogen functional groups attached to an aromatic ring is 1. The van der Waals surface area contributed by atoms with Crippen molar-refractivity contribution >= 4 is 45.9 Å². The van der Waals surface area contributed by atoms with E-state index in [1.54, 1.807) is 41.2 Å². The van der Waals surface area contributed by atoms with E-state index < -0.39 is 5.97 Å². The van der Waals surface area contributed by atoms with Crippen LogP contribution in [-0.2, 0) is 6.54 Å². The van der Waals surface area contributed by atoms with Crippen molar-refractivity contribution in [3.05, 3.63) is 71.6 Å². The van der Waals surface area contributed by atoms with Gasteiger partial charge in [0.25, 0.3) is 0 Å². The minimum Gasteiger partial charge on any atom is -0.477 e. The smallest absolute Gasteiger partial charge is 0.354 e. The number of anilines is 2. The number of benzene rings is 1. The fourth-order valence-electron chi connectivity index (χ4n) is 5.42. The zero-order valence-electron chi connectivity index (χ0n) is 22.6. The van der Waals surface area contributed by atoms with Crippen LogP contribution in [0.5, 0.6) is 0 Å². The zero-order valence-corrected chi connectivity index (χ0v) is 23.3. The largest absolute Gasteiger partial charge is 0.477 e. The second kappa shape index (κ2) is 10.6. The third-order valence-corrected chi connectivity index (χ3v) is 7.89. The van der Waals surface area contributed by atoms with Crippen molar-refractivity contribution in [3.8, 4) is 23.0 Å². The van der Waals surface area contributed by atoms with E-state index >= 15 is 0 Å². The van der Waals surface area contributed by atoms with Crippen LogP contribution in [0.1, 0.15) is 10.5 Å². The molecule has 0 radical (unpaired) electrons. The Morgan fingerprint density at radius 3 is 2.60 bits per heavy atom. The van der Waals surface area contributed by atoms with E-state index in [1.165, 1.54) is 16.8 Å². The Bertz CT molecular complexity index is 1970. The molecule has 1 aromatic carbocycles. The molecule has 0 spiro atoms. The standard InChI is InChI=1S/C28H24ClFN10O3/c29-21-20-24(35-28(31)40-25(20)34-23(36-40)18-3-1-2-6-32-18)39(22(21)27(41)42)13-10-37-8-11-38(12-9-37)19-15-16(4-5-17(19)30)26-33-7-14-43-26/h1-7,14-15H,8-13H2,(H2,31,35)(H,41,42). The molecule has 0 amide bonds. The van der Waals surface area contributed by atoms with Gasteiger partial charge >= 0.3 is 5.97 Å². The molecular formula is C28H24ClFN10O3. The SMILES string of the molecule is Nc1nc2c(c(Cl)c(C(=O)O)n2CCN2CCN(c3cc(-c4ncco4)ccc3F)CC2)c2nc(-c3ccccn3)nn12. The van der Waals surface area contributed by atoms with Crippen molar-refractivity contribution in [2.24, 2.45) is 0 Å². The Kier molecular flexibility index (Phi) is 6.63. The molecule has 15 heteroatoms. The molecule has 218 valence electrons. The van der Waals surface area contributed by atoms with E-state index in [1.807, 2.05) is 11.0 Å². The van der Waals surface area contributed by atoms with Gasteiger partial charge < -0.3 is 24.7 Å². The van der Waals surface area contributed by atoms with Crippen molar-refractivity contribution in [3.63, 3.8) is 0 Å². The van der Waals surface area contributed by atoms with Gasteiger partial charge in [-0.05, 0) is 30.3 Å². The number of nitrogens with zero attached hydrogens (tertiary/aromatic N) is 9. The second-order valence-electron chi connectivity index (χ2n) is 10.0. The van der Waals surface area contributed by atoms with Crippen molar-refractivity contribution in [1.29, 1.82) is 0 Å². The molecule has 43 heavy (non-hydrogen) atoms. The van der Waals surface area contributed by atoms with Gasteiger partial charge in [-0.3, -0.25) is 9.88 Å². The maximum atomic E-state index is 14.8. The fraction of sp³-hybridized carbons (Fsp3) is 0.214. The van der Waals surface area contributed by atoms with Crippen LogP contribution in [0, 0.1) is 5.82 Å². The third-order valence-electron chi connectivity index (χ3n) is 7.52. The predicted molar refractivity (Wildman–Crippen MR) is 156 cm³/mol. The fourth-order valence-corrected chi connectivity index (χ4v) is 5.77. The quantitative estimate of drug-likeness (QED) is 0.275. The molecule has 5 aromatic heterocycles. The molecule has 0 aliphatic carbocycles. The number of piperazine rings is 1. The zero-order chi connectivity index (χ0) is 29.7. The Morgan fingerprint density at radius 2 is 1.88 bits per heavy atom. The summed E-state index contributed by atoms with van der Waals surface area (Å²) >= 11 is 6.67. The van der Waals surface area contributed by atoms with Crippen LogP contribution in [0.3, 0.4) is 0 Å². The van der Waals surface area contributed by atoms with E-state index in [0.29, 0.717) is 72.4 Å². The summed E-state index contributed by atoms with van der Waals surface area (Å²) in [5.41, 5.74) is 8.43. The number of nitrogens with two attached hydrogens (primary N) is 1. The van der Waals surface area contributed by atoms with Crippen LogP contribution >= 0.6 is 11.6 Å². The maximum absolute atomic E-state index is 14.8. The van der Waals surface area contributed by atoms with E-state index in [0.717, 1.165) is 0 Å². The number of carboxylic acid groups (broad SMARTS) is 1. The van der Waals surface area contributed by atoms with E-state index in [4.69, 9.17) is 21.8 Å². The van der Waals surface area contributed by atoms with Gasteiger partial charge in [-0.2, -0.15) is 9.50 Å². The highest BCUT2D eigenvalue weighted by atomic mass is 35.5. The summed E-state index contributed by atoms with van der Waals surface area (Å²) < 4.78 is 23.0. The van der Waals surface area contributed by atoms with Gasteiger partial charge in [-0.1, -0.05) is 17.7 Å². The number of aromatic nitrogens is 7. The van der Waals surface area contributed by atoms with Gasteiger partial charge in [-0.15, -0.1) is 5.10 Å². The van der Waals surface area contributed by atoms with E-state index in [2.05, 4.69) is 29.9 Å². The first kappa shape index (κ1) is 26.8. The van der Waals surface area contributed by atoms with Crippen molar-refractivity contribution in [2.45, 2.75) is 6.54 Å². The molecule has 1 aliphatic rings. The number of carbonyl (C=O) groups is 1. The lowest BCUT2D eigenvalue weighted by atomic mass is 10.1. The number of fused-ring (bicyclic) bond motifs is 3. The van der Waals surface area contributed by atoms with E-state index in [9.17, 15) is 14.3 Å². The van der Waals surface area contributed by atoms with Crippen molar-refractivity contribution in [1.82, 2.24) is 39.0 Å². The number of hydrogen-bond donors (Lipinski definition) is 2. The third kappa shape index (κ3) is 4.70. The van der Waals surface area contributed by atoms with Gasteiger partial charge in [0.2, 0.25) is 17.7 Å². The van der Waals surface area contributed by atoms with Gasteiger partial charge in [0, 0.05) is 51.0 Å². The molecule has 1 fully saturated rings. The number of pyridine rings is 1. The Hall–Kier alpha value is -5.08. The monoisotopic (exact) mass is 602 g/mol. The van der Waals surface area contributed by atoms with Crippen LogP contribution in [0.15, 0.2) is 59.5 Å². The minimum atomic E-state index is -1.20. The first-order valence-corrected chi connectivity index (χ1v) is 13.8. The van der Waals surface area contributed by atoms with Crippen LogP contribution in [0.25, 0.3) is 39.7 Å². The summed E-state index contributed by atoms with van der Waals surface area (Å²) in [5.74, 6) is -0.750. The second-order valence-corrected chi connectivity index (χ2v) is 10.4. The molecule has 1 saturated heterocycles. The number of carboxylic acids is 1. The number of aromatic carboxylic acids is 1. The topological polar surface area (TPSA) is 157 Å². The molecule has 0 unspecified atom stereocenters. The summed E-state index contributed by atoms with van der Waals surface area (Å²) in [6.07, 6.45) is 4.65. The summed E-state index contributed by atoms with van der Waals surface area (Å²) in [6, 6.07) is 10.1. The molecule has 0 atom stereocenters. The highest BCUT2D eigenvalue weighted by Crippen LogP contribution is 2.34. The average molecular weight is 603 g/mol. The van der Waals surface area contributed by atoms with Crippen LogP contribution in [0.2, 0.25) is 5.02 Å². The molecule has 7 rings (SSSR count). The lowest BCUT2D eigenvalue weighted by Crippen LogP contribution is -2.47. The Labute approximate surface area is 248 Å². The van der Waals surface area contributed by atoms with Gasteiger partial charge in [0.15, 0.2) is 5.65 Å². The molecule has 0 saturated carbocycles. The molecular weight excluding hydrogens is 579 g/mol. The van der Waals surface area contributed by atoms with E-state index in [-0.39, 0.29) is 34.7 Å². The lowest BCUT2D eigenvalue weighted by Gasteiger charge is -2.36. The number of halogens is 2. The number of oxazole rings is 1. The Balaban J connectivity index is 1.14. The number of rotatable bonds is 7. The molecule has 6 heterocycles. The summed E-state index contributed by atoms with van der Waals surface area (Å²) in [4.78, 5) is 34.0. The van der Waals surface area contributed by atoms with Crippen LogP contribution in [0.4, 0.5) is 16.0 Å². The molecule has 1 aliphatic heterocycles. The normalized spacial score (nSPS) is 14.2. The summed E-state index contributed by atoms with van der Waals surface area (Å²) in [5, 5.41) is 14.9. The lowest BCUT2D eigenvalue weighted by molar-refractivity contribution is 0.0684. The van der Waals surface area contributed by atoms with Crippen LogP contribution in [-0.4, -0.2) is 82.8 Å². The Morgan fingerprint density at radius 1 is 1.05 bits per heavy atom. The highest BCUT2D eigenvalue weighted by Gasteiger charge is 2.28.